The summed E-state index contributed by atoms with van der Waals surface area (Å²) in [7, 11) is 0. The number of rotatable bonds is 3. The Morgan fingerprint density at radius 2 is 2.16 bits per heavy atom. The van der Waals surface area contributed by atoms with E-state index in [1.165, 1.54) is 0 Å². The second kappa shape index (κ2) is 6.02. The summed E-state index contributed by atoms with van der Waals surface area (Å²) in [4.78, 5) is 28.3. The van der Waals surface area contributed by atoms with Crippen LogP contribution in [0.2, 0.25) is 0 Å². The zero-order chi connectivity index (χ0) is 17.6. The number of aromatic amines is 1. The van der Waals surface area contributed by atoms with Crippen molar-refractivity contribution < 1.29 is 9.59 Å². The molecule has 1 unspecified atom stereocenters. The number of hydrogen-bond acceptors (Lipinski definition) is 4. The standard InChI is InChI=1S/C17H22N6O2/c1-11-16(12(2)20-19-11)17(25)21-7-5-13(9-21)23-10-14(8-18-23)22-6-3-4-15(22)24/h8,10,13H,3-7,9H2,1-2H3,(H,19,20). The number of aryl methyl sites for hydroxylation is 2. The molecule has 0 radical (unpaired) electrons. The molecule has 2 aromatic rings. The molecule has 1 atom stereocenters. The van der Waals surface area contributed by atoms with Crippen LogP contribution in [-0.4, -0.2) is 56.3 Å². The molecule has 4 rings (SSSR count). The number of amides is 2. The molecule has 2 saturated heterocycles. The van der Waals surface area contributed by atoms with Gasteiger partial charge < -0.3 is 9.80 Å². The minimum Gasteiger partial charge on any atom is -0.336 e. The summed E-state index contributed by atoms with van der Waals surface area (Å²) >= 11 is 0. The number of carbonyl (C=O) groups excluding carboxylic acids is 2. The monoisotopic (exact) mass is 342 g/mol. The van der Waals surface area contributed by atoms with Gasteiger partial charge in [0.25, 0.3) is 5.91 Å². The molecule has 25 heavy (non-hydrogen) atoms. The van der Waals surface area contributed by atoms with E-state index in [1.54, 1.807) is 11.1 Å². The van der Waals surface area contributed by atoms with E-state index < -0.39 is 0 Å². The van der Waals surface area contributed by atoms with Crippen molar-refractivity contribution >= 4 is 17.5 Å². The Hall–Kier alpha value is -2.64. The summed E-state index contributed by atoms with van der Waals surface area (Å²) in [6, 6.07) is 0.142. The molecule has 2 fully saturated rings. The lowest BCUT2D eigenvalue weighted by molar-refractivity contribution is -0.117. The Kier molecular flexibility index (Phi) is 3.82. The van der Waals surface area contributed by atoms with E-state index in [0.717, 1.165) is 36.5 Å². The fraction of sp³-hybridized carbons (Fsp3) is 0.529. The van der Waals surface area contributed by atoms with Gasteiger partial charge in [-0.05, 0) is 26.7 Å². The van der Waals surface area contributed by atoms with Gasteiger partial charge in [0.05, 0.1) is 29.2 Å². The molecule has 0 aromatic carbocycles. The Labute approximate surface area is 145 Å². The average Bonchev–Trinajstić information content (AvgIpc) is 3.34. The Bertz CT molecular complexity index is 803. The van der Waals surface area contributed by atoms with Gasteiger partial charge in [-0.3, -0.25) is 19.4 Å². The number of nitrogens with zero attached hydrogens (tertiary/aromatic N) is 5. The van der Waals surface area contributed by atoms with E-state index in [1.807, 2.05) is 29.6 Å². The van der Waals surface area contributed by atoms with Gasteiger partial charge in [-0.2, -0.15) is 10.2 Å². The predicted molar refractivity (Wildman–Crippen MR) is 91.4 cm³/mol. The van der Waals surface area contributed by atoms with Crippen molar-refractivity contribution in [1.82, 2.24) is 24.9 Å². The van der Waals surface area contributed by atoms with Crippen LogP contribution in [0, 0.1) is 13.8 Å². The van der Waals surface area contributed by atoms with Gasteiger partial charge in [0.15, 0.2) is 0 Å². The second-order valence-electron chi connectivity index (χ2n) is 6.83. The van der Waals surface area contributed by atoms with Gasteiger partial charge in [0.1, 0.15) is 0 Å². The van der Waals surface area contributed by atoms with Gasteiger partial charge >= 0.3 is 0 Å². The van der Waals surface area contributed by atoms with Crippen LogP contribution in [0.5, 0.6) is 0 Å². The third-order valence-corrected chi connectivity index (χ3v) is 5.14. The van der Waals surface area contributed by atoms with Crippen molar-refractivity contribution in [2.24, 2.45) is 0 Å². The van der Waals surface area contributed by atoms with Crippen LogP contribution in [0.3, 0.4) is 0 Å². The van der Waals surface area contributed by atoms with Gasteiger partial charge in [0, 0.05) is 37.9 Å². The highest BCUT2D eigenvalue weighted by Gasteiger charge is 2.31. The number of likely N-dealkylation sites (tertiary alicyclic amines) is 1. The molecule has 132 valence electrons. The van der Waals surface area contributed by atoms with Crippen LogP contribution in [0.25, 0.3) is 0 Å². The number of carbonyl (C=O) groups is 2. The molecule has 0 spiro atoms. The van der Waals surface area contributed by atoms with Crippen LogP contribution < -0.4 is 4.90 Å². The Morgan fingerprint density at radius 3 is 2.84 bits per heavy atom. The molecule has 0 saturated carbocycles. The lowest BCUT2D eigenvalue weighted by Gasteiger charge is -2.17. The average molecular weight is 342 g/mol. The SMILES string of the molecule is Cc1n[nH]c(C)c1C(=O)N1CCC(n2cc(N3CCCC3=O)cn2)C1. The first-order chi connectivity index (χ1) is 12.0. The summed E-state index contributed by atoms with van der Waals surface area (Å²) in [5.74, 6) is 0.182. The van der Waals surface area contributed by atoms with E-state index in [9.17, 15) is 9.59 Å². The largest absolute Gasteiger partial charge is 0.336 e. The maximum atomic E-state index is 12.8. The number of aromatic nitrogens is 4. The molecular formula is C17H22N6O2. The molecule has 2 amide bonds. The van der Waals surface area contributed by atoms with E-state index in [0.29, 0.717) is 25.1 Å². The minimum atomic E-state index is 0.0216. The zero-order valence-electron chi connectivity index (χ0n) is 14.5. The molecule has 0 aliphatic carbocycles. The first-order valence-electron chi connectivity index (χ1n) is 8.70. The number of anilines is 1. The van der Waals surface area contributed by atoms with Crippen molar-refractivity contribution in [2.75, 3.05) is 24.5 Å². The second-order valence-corrected chi connectivity index (χ2v) is 6.83. The summed E-state index contributed by atoms with van der Waals surface area (Å²) in [5.41, 5.74) is 3.07. The van der Waals surface area contributed by atoms with E-state index in [2.05, 4.69) is 15.3 Å². The van der Waals surface area contributed by atoms with Crippen LogP contribution in [0.4, 0.5) is 5.69 Å². The number of H-pyrrole nitrogens is 1. The number of nitrogens with one attached hydrogen (secondary N) is 1. The van der Waals surface area contributed by atoms with Crippen molar-refractivity contribution in [2.45, 2.75) is 39.2 Å². The molecule has 4 heterocycles. The van der Waals surface area contributed by atoms with Crippen molar-refractivity contribution in [3.05, 3.63) is 29.3 Å². The molecule has 8 nitrogen and oxygen atoms in total. The van der Waals surface area contributed by atoms with Crippen LogP contribution in [0.1, 0.15) is 47.1 Å². The van der Waals surface area contributed by atoms with Crippen molar-refractivity contribution in [3.8, 4) is 0 Å². The fourth-order valence-corrected chi connectivity index (χ4v) is 3.75. The van der Waals surface area contributed by atoms with Crippen molar-refractivity contribution in [1.29, 1.82) is 0 Å². The van der Waals surface area contributed by atoms with Crippen LogP contribution in [0.15, 0.2) is 12.4 Å². The first-order valence-corrected chi connectivity index (χ1v) is 8.70. The van der Waals surface area contributed by atoms with E-state index >= 15 is 0 Å². The quantitative estimate of drug-likeness (QED) is 0.914. The normalized spacial score (nSPS) is 20.7. The van der Waals surface area contributed by atoms with Crippen molar-refractivity contribution in [3.63, 3.8) is 0 Å². The highest BCUT2D eigenvalue weighted by molar-refractivity contribution is 5.96. The highest BCUT2D eigenvalue weighted by Crippen LogP contribution is 2.27. The molecule has 0 bridgehead atoms. The van der Waals surface area contributed by atoms with Crippen LogP contribution in [-0.2, 0) is 4.79 Å². The maximum Gasteiger partial charge on any atom is 0.257 e. The lowest BCUT2D eigenvalue weighted by Crippen LogP contribution is -2.30. The van der Waals surface area contributed by atoms with Gasteiger partial charge in [-0.25, -0.2) is 0 Å². The smallest absolute Gasteiger partial charge is 0.257 e. The summed E-state index contributed by atoms with van der Waals surface area (Å²) in [6.07, 6.45) is 6.05. The molecule has 2 aliphatic heterocycles. The highest BCUT2D eigenvalue weighted by atomic mass is 16.2. The van der Waals surface area contributed by atoms with Gasteiger partial charge in [0.2, 0.25) is 5.91 Å². The Morgan fingerprint density at radius 1 is 1.32 bits per heavy atom. The summed E-state index contributed by atoms with van der Waals surface area (Å²) in [6.45, 7) is 5.80. The van der Waals surface area contributed by atoms with Crippen LogP contribution >= 0.6 is 0 Å². The zero-order valence-corrected chi connectivity index (χ0v) is 14.5. The fourth-order valence-electron chi connectivity index (χ4n) is 3.75. The Balaban J connectivity index is 1.47. The summed E-state index contributed by atoms with van der Waals surface area (Å²) in [5, 5.41) is 11.4. The number of hydrogen-bond donors (Lipinski definition) is 1. The molecule has 8 heteroatoms. The van der Waals surface area contributed by atoms with E-state index in [4.69, 9.17) is 0 Å². The third kappa shape index (κ3) is 2.71. The predicted octanol–water partition coefficient (Wildman–Crippen LogP) is 1.44. The van der Waals surface area contributed by atoms with Gasteiger partial charge in [-0.15, -0.1) is 0 Å². The molecule has 1 N–H and O–H groups in total. The lowest BCUT2D eigenvalue weighted by atomic mass is 10.2. The van der Waals surface area contributed by atoms with E-state index in [-0.39, 0.29) is 17.9 Å². The maximum absolute atomic E-state index is 12.8. The first kappa shape index (κ1) is 15.9. The summed E-state index contributed by atoms with van der Waals surface area (Å²) < 4.78 is 1.89. The minimum absolute atomic E-state index is 0.0216. The molecular weight excluding hydrogens is 320 g/mol. The topological polar surface area (TPSA) is 87.1 Å². The molecule has 2 aliphatic rings. The van der Waals surface area contributed by atoms with Gasteiger partial charge in [-0.1, -0.05) is 0 Å². The third-order valence-electron chi connectivity index (χ3n) is 5.14. The molecule has 2 aromatic heterocycles.